The molecule has 1 spiro atoms. The summed E-state index contributed by atoms with van der Waals surface area (Å²) in [6.45, 7) is 7.51. The quantitative estimate of drug-likeness (QED) is 0.737. The summed E-state index contributed by atoms with van der Waals surface area (Å²) in [6.07, 6.45) is 0.923. The summed E-state index contributed by atoms with van der Waals surface area (Å²) in [4.78, 5) is 21.8. The van der Waals surface area contributed by atoms with E-state index in [4.69, 9.17) is 0 Å². The highest BCUT2D eigenvalue weighted by atomic mass is 16.2. The van der Waals surface area contributed by atoms with Gasteiger partial charge in [0.25, 0.3) is 5.91 Å². The molecule has 0 aliphatic carbocycles. The van der Waals surface area contributed by atoms with Gasteiger partial charge in [0.05, 0.1) is 18.1 Å². The lowest BCUT2D eigenvalue weighted by atomic mass is 9.82. The van der Waals surface area contributed by atoms with Gasteiger partial charge in [-0.1, -0.05) is 50.2 Å². The minimum Gasteiger partial charge on any atom is -0.356 e. The Bertz CT molecular complexity index is 1050. The van der Waals surface area contributed by atoms with E-state index in [0.717, 1.165) is 48.5 Å². The van der Waals surface area contributed by atoms with Crippen LogP contribution >= 0.6 is 0 Å². The third kappa shape index (κ3) is 2.23. The van der Waals surface area contributed by atoms with Crippen LogP contribution in [0.5, 0.6) is 0 Å². The fraction of sp³-hybridized carbons (Fsp3) is 0.348. The Labute approximate surface area is 165 Å². The Morgan fingerprint density at radius 3 is 2.64 bits per heavy atom. The molecule has 0 saturated heterocycles. The number of hydrogen-bond acceptors (Lipinski definition) is 3. The molecule has 1 atom stereocenters. The van der Waals surface area contributed by atoms with Crippen LogP contribution in [0.1, 0.15) is 30.7 Å². The number of fused-ring (bicyclic) bond motifs is 6. The molecule has 3 aromatic rings. The molecule has 144 valence electrons. The summed E-state index contributed by atoms with van der Waals surface area (Å²) in [6, 6.07) is 16.6. The molecule has 0 saturated carbocycles. The van der Waals surface area contributed by atoms with Gasteiger partial charge in [0.2, 0.25) is 0 Å². The number of aromatic amines is 1. The van der Waals surface area contributed by atoms with Crippen molar-refractivity contribution in [2.75, 3.05) is 31.2 Å². The smallest absolute Gasteiger partial charge is 0.259 e. The number of aromatic nitrogens is 1. The Hall–Kier alpha value is -2.63. The number of rotatable bonds is 4. The minimum atomic E-state index is -0.823. The van der Waals surface area contributed by atoms with Crippen LogP contribution in [0.2, 0.25) is 0 Å². The van der Waals surface area contributed by atoms with Crippen molar-refractivity contribution in [1.82, 2.24) is 15.2 Å². The second-order valence-electron chi connectivity index (χ2n) is 7.65. The van der Waals surface area contributed by atoms with Crippen LogP contribution in [0.4, 0.5) is 5.69 Å². The molecule has 3 heterocycles. The van der Waals surface area contributed by atoms with E-state index in [0.29, 0.717) is 6.67 Å². The minimum absolute atomic E-state index is 0.119. The first-order chi connectivity index (χ1) is 13.7. The molecule has 5 rings (SSSR count). The van der Waals surface area contributed by atoms with Gasteiger partial charge in [-0.25, -0.2) is 0 Å². The topological polar surface area (TPSA) is 51.4 Å². The molecule has 2 aromatic carbocycles. The van der Waals surface area contributed by atoms with Gasteiger partial charge in [-0.15, -0.1) is 0 Å². The molecule has 0 unspecified atom stereocenters. The average Bonchev–Trinajstić information content (AvgIpc) is 3.23. The number of para-hydroxylation sites is 2. The van der Waals surface area contributed by atoms with Crippen LogP contribution in [-0.4, -0.2) is 42.1 Å². The number of anilines is 1. The molecule has 0 radical (unpaired) electrons. The van der Waals surface area contributed by atoms with Gasteiger partial charge in [0.1, 0.15) is 0 Å². The fourth-order valence-corrected chi connectivity index (χ4v) is 4.87. The van der Waals surface area contributed by atoms with Crippen LogP contribution in [0, 0.1) is 0 Å². The molecule has 5 heteroatoms. The van der Waals surface area contributed by atoms with Crippen molar-refractivity contribution < 1.29 is 4.79 Å². The summed E-state index contributed by atoms with van der Waals surface area (Å²) in [5.74, 6) is 0.119. The largest absolute Gasteiger partial charge is 0.356 e. The number of hydrogen-bond donors (Lipinski definition) is 2. The highest BCUT2D eigenvalue weighted by Gasteiger charge is 2.55. The zero-order chi connectivity index (χ0) is 19.3. The van der Waals surface area contributed by atoms with E-state index in [1.165, 1.54) is 10.9 Å². The number of nitrogens with one attached hydrogen (secondary N) is 2. The average molecular weight is 374 g/mol. The van der Waals surface area contributed by atoms with E-state index < -0.39 is 5.54 Å². The van der Waals surface area contributed by atoms with Crippen molar-refractivity contribution in [3.05, 3.63) is 65.4 Å². The monoisotopic (exact) mass is 374 g/mol. The van der Waals surface area contributed by atoms with Gasteiger partial charge in [0.15, 0.2) is 5.54 Å². The van der Waals surface area contributed by atoms with Crippen molar-refractivity contribution in [2.45, 2.75) is 25.8 Å². The SMILES string of the molecule is CCN(CC)CN1C(=O)[C@]2(NCCc3c2[nH]c2ccccc32)c2ccccc21. The van der Waals surface area contributed by atoms with Crippen molar-refractivity contribution in [2.24, 2.45) is 0 Å². The van der Waals surface area contributed by atoms with Gasteiger partial charge in [-0.2, -0.15) is 0 Å². The first kappa shape index (κ1) is 17.5. The molecule has 28 heavy (non-hydrogen) atoms. The van der Waals surface area contributed by atoms with E-state index in [2.05, 4.69) is 59.4 Å². The van der Waals surface area contributed by atoms with Crippen molar-refractivity contribution in [3.8, 4) is 0 Å². The summed E-state index contributed by atoms with van der Waals surface area (Å²) in [5.41, 5.74) is 4.62. The Balaban J connectivity index is 1.72. The third-order valence-electron chi connectivity index (χ3n) is 6.35. The molecule has 2 N–H and O–H groups in total. The van der Waals surface area contributed by atoms with Gasteiger partial charge in [-0.05, 0) is 37.2 Å². The van der Waals surface area contributed by atoms with Crippen LogP contribution in [-0.2, 0) is 16.8 Å². The summed E-state index contributed by atoms with van der Waals surface area (Å²) < 4.78 is 0. The van der Waals surface area contributed by atoms with Crippen molar-refractivity contribution in [3.63, 3.8) is 0 Å². The lowest BCUT2D eigenvalue weighted by Gasteiger charge is -2.35. The zero-order valence-corrected chi connectivity index (χ0v) is 16.5. The van der Waals surface area contributed by atoms with Crippen molar-refractivity contribution in [1.29, 1.82) is 0 Å². The highest BCUT2D eigenvalue weighted by molar-refractivity contribution is 6.11. The molecule has 2 aliphatic rings. The first-order valence-corrected chi connectivity index (χ1v) is 10.2. The van der Waals surface area contributed by atoms with Crippen LogP contribution in [0.3, 0.4) is 0 Å². The second kappa shape index (κ2) is 6.47. The van der Waals surface area contributed by atoms with Crippen molar-refractivity contribution >= 4 is 22.5 Å². The maximum absolute atomic E-state index is 14.0. The predicted octanol–water partition coefficient (Wildman–Crippen LogP) is 3.20. The highest BCUT2D eigenvalue weighted by Crippen LogP contribution is 2.47. The van der Waals surface area contributed by atoms with E-state index >= 15 is 0 Å². The normalized spacial score (nSPS) is 21.0. The molecule has 5 nitrogen and oxygen atoms in total. The first-order valence-electron chi connectivity index (χ1n) is 10.2. The Morgan fingerprint density at radius 2 is 1.82 bits per heavy atom. The van der Waals surface area contributed by atoms with Crippen LogP contribution in [0.15, 0.2) is 48.5 Å². The number of carbonyl (C=O) groups excluding carboxylic acids is 1. The molecule has 1 aromatic heterocycles. The summed E-state index contributed by atoms with van der Waals surface area (Å²) in [5, 5.41) is 4.84. The van der Waals surface area contributed by atoms with Gasteiger partial charge in [0, 0.05) is 23.0 Å². The molecule has 1 amide bonds. The number of benzene rings is 2. The number of H-pyrrole nitrogens is 1. The van der Waals surface area contributed by atoms with E-state index in [9.17, 15) is 4.79 Å². The maximum atomic E-state index is 14.0. The van der Waals surface area contributed by atoms with Gasteiger partial charge < -0.3 is 4.98 Å². The summed E-state index contributed by atoms with van der Waals surface area (Å²) >= 11 is 0. The Morgan fingerprint density at radius 1 is 1.07 bits per heavy atom. The van der Waals surface area contributed by atoms with Crippen LogP contribution in [0.25, 0.3) is 10.9 Å². The number of amides is 1. The number of carbonyl (C=O) groups is 1. The molecule has 0 fully saturated rings. The molecule has 0 bridgehead atoms. The lowest BCUT2D eigenvalue weighted by molar-refractivity contribution is -0.123. The predicted molar refractivity (Wildman–Crippen MR) is 113 cm³/mol. The van der Waals surface area contributed by atoms with E-state index in [-0.39, 0.29) is 5.91 Å². The number of nitrogens with zero attached hydrogens (tertiary/aromatic N) is 2. The molecular weight excluding hydrogens is 348 g/mol. The fourth-order valence-electron chi connectivity index (χ4n) is 4.87. The standard InChI is InChI=1S/C23H26N4O/c1-3-26(4-2)15-27-20-12-8-6-10-18(20)23(22(27)28)21-17(13-14-24-23)16-9-5-7-11-19(16)25-21/h5-12,24-25H,3-4,13-15H2,1-2H3/t23-/m0/s1. The van der Waals surface area contributed by atoms with E-state index in [1.807, 2.05) is 23.1 Å². The molecular formula is C23H26N4O. The third-order valence-corrected chi connectivity index (χ3v) is 6.35. The van der Waals surface area contributed by atoms with E-state index in [1.54, 1.807) is 0 Å². The maximum Gasteiger partial charge on any atom is 0.259 e. The van der Waals surface area contributed by atoms with Crippen LogP contribution < -0.4 is 10.2 Å². The van der Waals surface area contributed by atoms with Gasteiger partial charge in [-0.3, -0.25) is 19.9 Å². The summed E-state index contributed by atoms with van der Waals surface area (Å²) in [7, 11) is 0. The van der Waals surface area contributed by atoms with Gasteiger partial charge >= 0.3 is 0 Å². The molecule has 2 aliphatic heterocycles. The second-order valence-corrected chi connectivity index (χ2v) is 7.65. The lowest BCUT2D eigenvalue weighted by Crippen LogP contribution is -2.56. The Kier molecular flexibility index (Phi) is 4.03. The zero-order valence-electron chi connectivity index (χ0n) is 16.5.